The number of fused-ring (bicyclic) bond motifs is 1. The maximum absolute atomic E-state index is 11.2. The summed E-state index contributed by atoms with van der Waals surface area (Å²) in [6.45, 7) is 6.79. The highest BCUT2D eigenvalue weighted by Crippen LogP contribution is 2.74. The van der Waals surface area contributed by atoms with Crippen LogP contribution in [0.4, 0.5) is 0 Å². The molecule has 292 valence electrons. The first-order valence-electron chi connectivity index (χ1n) is 14.6. The van der Waals surface area contributed by atoms with Gasteiger partial charge >= 0.3 is 54.9 Å². The Kier molecular flexibility index (Phi) is 14.2. The van der Waals surface area contributed by atoms with Crippen LogP contribution in [0.15, 0.2) is 24.3 Å². The number of hydrogen-bond acceptors (Lipinski definition) is 17. The first-order valence-corrected chi connectivity index (χ1v) is 25.2. The molecule has 26 nitrogen and oxygen atoms in total. The Hall–Kier alpha value is -0.410. The molecule has 2 aromatic rings. The van der Waals surface area contributed by atoms with Gasteiger partial charge in [0.2, 0.25) is 0 Å². The minimum absolute atomic E-state index is 0.898. The van der Waals surface area contributed by atoms with Crippen LogP contribution in [0.5, 0.6) is 0 Å². The topological polar surface area (TPSA) is 360 Å². The van der Waals surface area contributed by atoms with Gasteiger partial charge in [-0.1, -0.05) is 12.1 Å². The summed E-state index contributed by atoms with van der Waals surface area (Å²) in [5.41, 5.74) is 1.87. The molecule has 51 heavy (non-hydrogen) atoms. The fraction of sp³-hybridized carbons (Fsp3) is 0.667. The van der Waals surface area contributed by atoms with Gasteiger partial charge < -0.3 is 39.1 Å². The lowest BCUT2D eigenvalue weighted by atomic mass is 10.3. The Morgan fingerprint density at radius 3 is 1.22 bits per heavy atom. The minimum Gasteiger partial charge on any atom is -0.302 e. The molecule has 3 saturated heterocycles. The van der Waals surface area contributed by atoms with Crippen molar-refractivity contribution in [3.63, 3.8) is 0 Å². The van der Waals surface area contributed by atoms with E-state index in [2.05, 4.69) is 51.9 Å². The molecule has 0 spiro atoms. The van der Waals surface area contributed by atoms with Crippen LogP contribution >= 0.6 is 54.9 Å². The number of benzene rings is 1. The predicted octanol–water partition coefficient (Wildman–Crippen LogP) is 2.48. The van der Waals surface area contributed by atoms with Gasteiger partial charge in [-0.05, 0) is 60.7 Å². The molecule has 3 aliphatic heterocycles. The van der Waals surface area contributed by atoms with Crippen molar-refractivity contribution >= 4 is 65.9 Å². The van der Waals surface area contributed by atoms with Gasteiger partial charge in [0.25, 0.3) is 0 Å². The Labute approximate surface area is 289 Å². The maximum Gasteiger partial charge on any atom is 0.490 e. The van der Waals surface area contributed by atoms with E-state index in [1.165, 1.54) is 38.5 Å². The number of aromatic nitrogens is 3. The molecule has 33 heteroatoms. The second kappa shape index (κ2) is 16.8. The molecule has 4 heterocycles. The average Bonchev–Trinajstić information content (AvgIpc) is 3.75. The highest BCUT2D eigenvalue weighted by atomic mass is 31.3. The third-order valence-electron chi connectivity index (χ3n) is 6.90. The molecule has 1 aromatic heterocycles. The van der Waals surface area contributed by atoms with Gasteiger partial charge in [-0.2, -0.15) is 26.2 Å². The van der Waals surface area contributed by atoms with Gasteiger partial charge in [0.1, 0.15) is 11.0 Å². The van der Waals surface area contributed by atoms with Crippen molar-refractivity contribution in [2.75, 3.05) is 39.3 Å². The Morgan fingerprint density at radius 1 is 0.529 bits per heavy atom. The predicted molar refractivity (Wildman–Crippen MR) is 172 cm³/mol. The second-order valence-electron chi connectivity index (χ2n) is 10.8. The largest absolute Gasteiger partial charge is 0.490 e. The van der Waals surface area contributed by atoms with E-state index in [0.717, 1.165) is 50.3 Å². The summed E-state index contributed by atoms with van der Waals surface area (Å²) in [6, 6.07) is 8.10. The Morgan fingerprint density at radius 2 is 0.863 bits per heavy atom. The van der Waals surface area contributed by atoms with E-state index in [9.17, 15) is 27.4 Å². The first kappa shape index (κ1) is 43.3. The lowest BCUT2D eigenvalue weighted by Crippen LogP contribution is -2.47. The molecule has 0 aliphatic carbocycles. The molecule has 8 N–H and O–H groups in total. The monoisotopic (exact) mass is 873 g/mol. The number of rotatable bonds is 15. The van der Waals surface area contributed by atoms with E-state index in [1.54, 1.807) is 4.85 Å². The second-order valence-corrected chi connectivity index (χ2v) is 22.7. The summed E-state index contributed by atoms with van der Waals surface area (Å²) in [5, 5.41) is 8.72. The van der Waals surface area contributed by atoms with Crippen molar-refractivity contribution in [3.05, 3.63) is 24.3 Å². The zero-order valence-electron chi connectivity index (χ0n) is 26.1. The maximum atomic E-state index is 11.2. The molecule has 0 amide bonds. The SMILES string of the molecule is O=P(O)(O)OP(=O)(O)OP(=O)(O)OP(=O)(O)OP(=O)(O)OP(=O)(O)O.c1ccc2c(c1)nnn2O[P+](N1CCCC1)(N1CCCC1)N1CCCC1. The van der Waals surface area contributed by atoms with Gasteiger partial charge in [-0.15, -0.1) is 19.1 Å². The quantitative estimate of drug-likeness (QED) is 0.119. The van der Waals surface area contributed by atoms with Crippen molar-refractivity contribution in [2.24, 2.45) is 0 Å². The van der Waals surface area contributed by atoms with Crippen LogP contribution in [0.25, 0.3) is 11.0 Å². The van der Waals surface area contributed by atoms with Crippen LogP contribution < -0.4 is 4.62 Å². The van der Waals surface area contributed by atoms with Crippen molar-refractivity contribution in [3.8, 4) is 0 Å². The molecule has 1 aromatic carbocycles. The lowest BCUT2D eigenvalue weighted by Gasteiger charge is -2.39. The Bertz CT molecular complexity index is 1700. The van der Waals surface area contributed by atoms with Crippen LogP contribution in [0.1, 0.15) is 38.5 Å². The number of hydrogen-bond donors (Lipinski definition) is 8. The fourth-order valence-electron chi connectivity index (χ4n) is 5.31. The third kappa shape index (κ3) is 12.8. The number of phosphoric acid groups is 6. The zero-order valence-corrected chi connectivity index (χ0v) is 32.3. The molecule has 0 bridgehead atoms. The molecule has 0 saturated carbocycles. The smallest absolute Gasteiger partial charge is 0.302 e. The van der Waals surface area contributed by atoms with Crippen molar-refractivity contribution in [2.45, 2.75) is 38.5 Å². The summed E-state index contributed by atoms with van der Waals surface area (Å²) in [5.74, 6) is 0. The van der Waals surface area contributed by atoms with Crippen LogP contribution in [0, 0.1) is 0 Å². The van der Waals surface area contributed by atoms with Gasteiger partial charge in [-0.25, -0.2) is 27.4 Å². The van der Waals surface area contributed by atoms with Gasteiger partial charge in [0.05, 0.1) is 0 Å². The normalized spacial score (nSPS) is 23.2. The van der Waals surface area contributed by atoms with Gasteiger partial charge in [-0.3, -0.25) is 0 Å². The van der Waals surface area contributed by atoms with Crippen molar-refractivity contribution in [1.82, 2.24) is 29.2 Å². The summed E-state index contributed by atoms with van der Waals surface area (Å²) in [7, 11) is -38.3. The van der Waals surface area contributed by atoms with Crippen molar-refractivity contribution in [1.29, 1.82) is 0 Å². The standard InChI is InChI=1S/C18H28N6OP.H8O19P6/c1-2-10-18-17(9-1)19-20-24(18)25-26(21-11-3-4-12-21,22-13-5-6-14-22)23-15-7-8-16-23;1-20(2,3)15-22(7,8)17-24(11,12)19-25(13,14)18-23(9,10)16-21(4,5)6/h1-2,9-10H,3-8,11-16H2;(H,7,8)(H,9,10)(H,11,12)(H,13,14)(H2,1,2,3)(H2,4,5,6)/q+1;. The first-order chi connectivity index (χ1) is 23.4. The number of nitrogens with zero attached hydrogens (tertiary/aromatic N) is 6. The molecule has 4 unspecified atom stereocenters. The summed E-state index contributed by atoms with van der Waals surface area (Å²) in [6.07, 6.45) is 7.61. The molecule has 5 rings (SSSR count). The van der Waals surface area contributed by atoms with Crippen LogP contribution in [0.2, 0.25) is 0 Å². The number of para-hydroxylation sites is 1. The van der Waals surface area contributed by atoms with E-state index in [4.69, 9.17) is 43.8 Å². The molecule has 4 atom stereocenters. The third-order valence-corrected chi connectivity index (χ3v) is 19.0. The van der Waals surface area contributed by atoms with E-state index in [1.807, 2.05) is 18.2 Å². The van der Waals surface area contributed by atoms with Crippen LogP contribution in [0.3, 0.4) is 0 Å². The van der Waals surface area contributed by atoms with Crippen LogP contribution in [-0.4, -0.2) is 108 Å². The van der Waals surface area contributed by atoms with E-state index < -0.39 is 54.9 Å². The molecular formula is C18H36N6O20P7+. The van der Waals surface area contributed by atoms with Crippen molar-refractivity contribution < 1.29 is 92.7 Å². The molecular weight excluding hydrogens is 837 g/mol. The molecule has 3 fully saturated rings. The highest BCUT2D eigenvalue weighted by Gasteiger charge is 2.64. The van der Waals surface area contributed by atoms with Gasteiger partial charge in [0.15, 0.2) is 0 Å². The zero-order chi connectivity index (χ0) is 37.9. The van der Waals surface area contributed by atoms with E-state index in [-0.39, 0.29) is 0 Å². The fourth-order valence-corrected chi connectivity index (χ4v) is 16.3. The highest BCUT2D eigenvalue weighted by molar-refractivity contribution is 7.72. The molecule has 0 radical (unpaired) electrons. The molecule has 3 aliphatic rings. The minimum atomic E-state index is -6.26. The van der Waals surface area contributed by atoms with E-state index >= 15 is 0 Å². The lowest BCUT2D eigenvalue weighted by molar-refractivity contribution is 0.169. The average molecular weight is 873 g/mol. The summed E-state index contributed by atoms with van der Waals surface area (Å²) >= 11 is 0. The Balaban J connectivity index is 0.000000229. The van der Waals surface area contributed by atoms with E-state index in [0.29, 0.717) is 0 Å². The summed E-state index contributed by atoms with van der Waals surface area (Å²) < 4.78 is 95.3. The summed E-state index contributed by atoms with van der Waals surface area (Å²) in [4.78, 5) is 69.8. The van der Waals surface area contributed by atoms with Crippen LogP contribution in [-0.2, 0) is 48.9 Å². The van der Waals surface area contributed by atoms with Gasteiger partial charge in [0, 0.05) is 39.3 Å².